The number of thioether (sulfide) groups is 1. The molecule has 0 fully saturated rings. The molecule has 2 aromatic rings. The molecular weight excluding hydrogens is 328 g/mol. The summed E-state index contributed by atoms with van der Waals surface area (Å²) in [6.45, 7) is 2.74. The fourth-order valence-electron chi connectivity index (χ4n) is 2.78. The summed E-state index contributed by atoms with van der Waals surface area (Å²) >= 11 is 1.78. The number of carbonyl (C=O) groups is 1. The largest absolute Gasteiger partial charge is 0.350 e. The summed E-state index contributed by atoms with van der Waals surface area (Å²) < 4.78 is 0. The van der Waals surface area contributed by atoms with E-state index in [0.29, 0.717) is 12.1 Å². The second-order valence-electron chi connectivity index (χ2n) is 6.41. The Kier molecular flexibility index (Phi) is 7.53. The highest BCUT2D eigenvalue weighted by Crippen LogP contribution is 2.18. The van der Waals surface area contributed by atoms with Crippen LogP contribution in [0.4, 0.5) is 0 Å². The highest BCUT2D eigenvalue weighted by molar-refractivity contribution is 7.97. The molecule has 3 nitrogen and oxygen atoms in total. The molecular formula is C21H28N2OS. The van der Waals surface area contributed by atoms with Gasteiger partial charge in [0.15, 0.2) is 0 Å². The van der Waals surface area contributed by atoms with Gasteiger partial charge in [-0.3, -0.25) is 4.79 Å². The highest BCUT2D eigenvalue weighted by Gasteiger charge is 2.16. The van der Waals surface area contributed by atoms with Crippen molar-refractivity contribution in [3.8, 4) is 0 Å². The monoisotopic (exact) mass is 356 g/mol. The van der Waals surface area contributed by atoms with E-state index in [0.717, 1.165) is 12.2 Å². The third kappa shape index (κ3) is 5.62. The van der Waals surface area contributed by atoms with E-state index < -0.39 is 0 Å². The molecule has 0 aliphatic carbocycles. The number of benzene rings is 2. The molecule has 0 saturated carbocycles. The summed E-state index contributed by atoms with van der Waals surface area (Å²) in [6.07, 6.45) is 3.12. The van der Waals surface area contributed by atoms with Gasteiger partial charge in [-0.25, -0.2) is 0 Å². The molecule has 0 aliphatic rings. The number of likely N-dealkylation sites (N-methyl/N-ethyl adjacent to an activating group) is 1. The van der Waals surface area contributed by atoms with E-state index in [1.165, 1.54) is 16.7 Å². The number of nitrogens with one attached hydrogen (secondary N) is 1. The van der Waals surface area contributed by atoms with Crippen molar-refractivity contribution in [2.75, 3.05) is 26.9 Å². The number of carbonyl (C=O) groups excluding carboxylic acids is 1. The predicted molar refractivity (Wildman–Crippen MR) is 108 cm³/mol. The summed E-state index contributed by atoms with van der Waals surface area (Å²) in [7, 11) is 4.09. The number of rotatable bonds is 8. The van der Waals surface area contributed by atoms with Crippen molar-refractivity contribution in [1.82, 2.24) is 10.2 Å². The minimum absolute atomic E-state index is 0.0206. The highest BCUT2D eigenvalue weighted by atomic mass is 32.2. The SMILES string of the molecule is CCc1ccc([C@H](CNC(=O)c2ccc(CSC)cc2)N(C)C)cc1. The summed E-state index contributed by atoms with van der Waals surface area (Å²) in [4.78, 5) is 14.6. The Morgan fingerprint density at radius 2 is 1.64 bits per heavy atom. The van der Waals surface area contributed by atoms with Crippen molar-refractivity contribution in [3.63, 3.8) is 0 Å². The standard InChI is InChI=1S/C21H28N2OS/c1-5-16-6-10-18(11-7-16)20(23(2)3)14-22-21(24)19-12-8-17(9-13-19)15-25-4/h6-13,20H,5,14-15H2,1-4H3,(H,22,24)/t20-/m0/s1. The van der Waals surface area contributed by atoms with Gasteiger partial charge in [-0.05, 0) is 55.6 Å². The molecule has 4 heteroatoms. The molecule has 25 heavy (non-hydrogen) atoms. The first kappa shape index (κ1) is 19.5. The van der Waals surface area contributed by atoms with Gasteiger partial charge in [0.05, 0.1) is 6.04 Å². The lowest BCUT2D eigenvalue weighted by Gasteiger charge is -2.25. The maximum atomic E-state index is 12.4. The van der Waals surface area contributed by atoms with Gasteiger partial charge in [0.1, 0.15) is 0 Å². The van der Waals surface area contributed by atoms with Crippen LogP contribution < -0.4 is 5.32 Å². The number of amides is 1. The van der Waals surface area contributed by atoms with E-state index in [2.05, 4.69) is 47.7 Å². The third-order valence-corrected chi connectivity index (χ3v) is 5.00. The van der Waals surface area contributed by atoms with Crippen molar-refractivity contribution in [3.05, 3.63) is 70.8 Å². The van der Waals surface area contributed by atoms with Crippen LogP contribution in [0.2, 0.25) is 0 Å². The molecule has 0 aromatic heterocycles. The fourth-order valence-corrected chi connectivity index (χ4v) is 3.31. The second kappa shape index (κ2) is 9.64. The van der Waals surface area contributed by atoms with Gasteiger partial charge in [-0.15, -0.1) is 0 Å². The number of nitrogens with zero attached hydrogens (tertiary/aromatic N) is 1. The van der Waals surface area contributed by atoms with E-state index in [-0.39, 0.29) is 11.9 Å². The van der Waals surface area contributed by atoms with Crippen LogP contribution in [0.3, 0.4) is 0 Å². The quantitative estimate of drug-likeness (QED) is 0.771. The molecule has 134 valence electrons. The first-order valence-corrected chi connectivity index (χ1v) is 10.1. The zero-order chi connectivity index (χ0) is 18.2. The van der Waals surface area contributed by atoms with Crippen molar-refractivity contribution < 1.29 is 4.79 Å². The first-order valence-electron chi connectivity index (χ1n) is 8.66. The molecule has 2 rings (SSSR count). The van der Waals surface area contributed by atoms with Gasteiger partial charge in [0.2, 0.25) is 0 Å². The molecule has 1 atom stereocenters. The smallest absolute Gasteiger partial charge is 0.251 e. The molecule has 0 saturated heterocycles. The lowest BCUT2D eigenvalue weighted by molar-refractivity contribution is 0.0942. The van der Waals surface area contributed by atoms with Crippen LogP contribution in [0.15, 0.2) is 48.5 Å². The minimum Gasteiger partial charge on any atom is -0.350 e. The van der Waals surface area contributed by atoms with Gasteiger partial charge in [0, 0.05) is 17.9 Å². The van der Waals surface area contributed by atoms with E-state index in [9.17, 15) is 4.79 Å². The maximum absolute atomic E-state index is 12.4. The second-order valence-corrected chi connectivity index (χ2v) is 7.28. The molecule has 0 radical (unpaired) electrons. The molecule has 1 amide bonds. The van der Waals surface area contributed by atoms with Crippen molar-refractivity contribution >= 4 is 17.7 Å². The van der Waals surface area contributed by atoms with Gasteiger partial charge < -0.3 is 10.2 Å². The third-order valence-electron chi connectivity index (χ3n) is 4.38. The van der Waals surface area contributed by atoms with Crippen LogP contribution in [-0.4, -0.2) is 37.7 Å². The van der Waals surface area contributed by atoms with E-state index in [1.807, 2.05) is 38.4 Å². The molecule has 1 N–H and O–H groups in total. The van der Waals surface area contributed by atoms with Crippen LogP contribution in [0.25, 0.3) is 0 Å². The van der Waals surface area contributed by atoms with Crippen LogP contribution in [0.1, 0.15) is 40.0 Å². The Balaban J connectivity index is 2.01. The lowest BCUT2D eigenvalue weighted by Crippen LogP contribution is -2.34. The van der Waals surface area contributed by atoms with Crippen molar-refractivity contribution in [2.24, 2.45) is 0 Å². The zero-order valence-corrected chi connectivity index (χ0v) is 16.4. The summed E-state index contributed by atoms with van der Waals surface area (Å²) in [6, 6.07) is 16.7. The zero-order valence-electron chi connectivity index (χ0n) is 15.6. The van der Waals surface area contributed by atoms with Crippen molar-refractivity contribution in [2.45, 2.75) is 25.1 Å². The Hall–Kier alpha value is -1.78. The summed E-state index contributed by atoms with van der Waals surface area (Å²) in [5.74, 6) is 0.950. The van der Waals surface area contributed by atoms with Crippen LogP contribution in [0.5, 0.6) is 0 Å². The topological polar surface area (TPSA) is 32.3 Å². The molecule has 0 aliphatic heterocycles. The molecule has 0 unspecified atom stereocenters. The van der Waals surface area contributed by atoms with Gasteiger partial charge in [0.25, 0.3) is 5.91 Å². The van der Waals surface area contributed by atoms with Gasteiger partial charge >= 0.3 is 0 Å². The Morgan fingerprint density at radius 1 is 1.04 bits per heavy atom. The van der Waals surface area contributed by atoms with E-state index in [1.54, 1.807) is 11.8 Å². The van der Waals surface area contributed by atoms with E-state index >= 15 is 0 Å². The lowest BCUT2D eigenvalue weighted by atomic mass is 10.0. The predicted octanol–water partition coefficient (Wildman–Crippen LogP) is 4.14. The molecule has 2 aromatic carbocycles. The molecule has 0 bridgehead atoms. The van der Waals surface area contributed by atoms with Crippen LogP contribution in [-0.2, 0) is 12.2 Å². The van der Waals surface area contributed by atoms with Crippen molar-refractivity contribution in [1.29, 1.82) is 0 Å². The van der Waals surface area contributed by atoms with Crippen LogP contribution >= 0.6 is 11.8 Å². The summed E-state index contributed by atoms with van der Waals surface area (Å²) in [5, 5.41) is 3.07. The van der Waals surface area contributed by atoms with Gasteiger partial charge in [-0.1, -0.05) is 43.3 Å². The van der Waals surface area contributed by atoms with Gasteiger partial charge in [-0.2, -0.15) is 11.8 Å². The normalized spacial score (nSPS) is 12.2. The number of aryl methyl sites for hydroxylation is 1. The van der Waals surface area contributed by atoms with Crippen LogP contribution in [0, 0.1) is 0 Å². The fraction of sp³-hybridized carbons (Fsp3) is 0.381. The first-order chi connectivity index (χ1) is 12.0. The Morgan fingerprint density at radius 3 is 2.16 bits per heavy atom. The summed E-state index contributed by atoms with van der Waals surface area (Å²) in [5.41, 5.74) is 4.50. The average molecular weight is 357 g/mol. The molecule has 0 spiro atoms. The molecule has 0 heterocycles. The number of hydrogen-bond donors (Lipinski definition) is 1. The maximum Gasteiger partial charge on any atom is 0.251 e. The average Bonchev–Trinajstić information content (AvgIpc) is 2.63. The minimum atomic E-state index is -0.0206. The number of hydrogen-bond acceptors (Lipinski definition) is 3. The van der Waals surface area contributed by atoms with E-state index in [4.69, 9.17) is 0 Å². The Labute approximate surface area is 155 Å². The Bertz CT molecular complexity index is 665.